The number of nitrogens with zero attached hydrogens (tertiary/aromatic N) is 2. The molecule has 0 spiro atoms. The average molecular weight is 474 g/mol. The minimum Gasteiger partial charge on any atom is -0.318 e. The zero-order chi connectivity index (χ0) is 23.2. The lowest BCUT2D eigenvalue weighted by Gasteiger charge is -2.16. The van der Waals surface area contributed by atoms with Crippen molar-refractivity contribution in [2.75, 3.05) is 10.5 Å². The van der Waals surface area contributed by atoms with E-state index in [4.69, 9.17) is 16.6 Å². The van der Waals surface area contributed by atoms with E-state index >= 15 is 4.39 Å². The smallest absolute Gasteiger partial charge is 0.250 e. The fourth-order valence-corrected chi connectivity index (χ4v) is 4.46. The van der Waals surface area contributed by atoms with E-state index < -0.39 is 21.9 Å². The minimum absolute atomic E-state index is 0.157. The fourth-order valence-electron chi connectivity index (χ4n) is 3.70. The monoisotopic (exact) mass is 473 g/mol. The fraction of sp³-hybridized carbons (Fsp3) is 0.217. The van der Waals surface area contributed by atoms with Crippen LogP contribution in [-0.4, -0.2) is 24.4 Å². The first-order valence-electron chi connectivity index (χ1n) is 9.98. The molecule has 1 aliphatic rings. The lowest BCUT2D eigenvalue weighted by Crippen LogP contribution is -2.18. The molecule has 0 saturated heterocycles. The number of aromatic nitrogens is 1. The topological polar surface area (TPSA) is 80.5 Å². The molecule has 0 amide bonds. The van der Waals surface area contributed by atoms with Crippen LogP contribution in [0.4, 0.5) is 10.1 Å². The second-order valence-corrected chi connectivity index (χ2v) is 10.1. The highest BCUT2D eigenvalue weighted by Crippen LogP contribution is 2.39. The molecule has 2 aromatic carbocycles. The molecule has 2 heterocycles. The zero-order valence-electron chi connectivity index (χ0n) is 17.7. The van der Waals surface area contributed by atoms with E-state index in [1.807, 2.05) is 6.92 Å². The number of sulfonamides is 1. The predicted molar refractivity (Wildman–Crippen MR) is 126 cm³/mol. The Bertz CT molecular complexity index is 1410. The largest absolute Gasteiger partial charge is 0.318 e. The van der Waals surface area contributed by atoms with Gasteiger partial charge in [0.1, 0.15) is 5.82 Å². The number of nitrogens with one attached hydrogen (secondary N) is 1. The number of anilines is 1. The van der Waals surface area contributed by atoms with Crippen LogP contribution in [0.2, 0.25) is 5.02 Å². The number of fused-ring (bicyclic) bond motifs is 3. The van der Waals surface area contributed by atoms with Crippen LogP contribution < -0.4 is 10.3 Å². The first kappa shape index (κ1) is 22.2. The highest BCUT2D eigenvalue weighted by Gasteiger charge is 2.26. The highest BCUT2D eigenvalue weighted by molar-refractivity contribution is 7.92. The Morgan fingerprint density at radius 1 is 1.12 bits per heavy atom. The molecule has 1 aliphatic heterocycles. The second kappa shape index (κ2) is 8.18. The molecule has 1 atom stereocenters. The van der Waals surface area contributed by atoms with Crippen LogP contribution in [0.3, 0.4) is 0 Å². The van der Waals surface area contributed by atoms with Gasteiger partial charge in [0.25, 0.3) is 5.56 Å². The number of halogens is 2. The number of benzene rings is 2. The molecule has 1 aromatic heterocycles. The Morgan fingerprint density at radius 3 is 2.47 bits per heavy atom. The Kier molecular flexibility index (Phi) is 5.68. The van der Waals surface area contributed by atoms with Gasteiger partial charge in [0, 0.05) is 41.0 Å². The predicted octanol–water partition coefficient (Wildman–Crippen LogP) is 4.52. The summed E-state index contributed by atoms with van der Waals surface area (Å²) in [4.78, 5) is 17.2. The van der Waals surface area contributed by atoms with Gasteiger partial charge in [-0.1, -0.05) is 23.7 Å². The van der Waals surface area contributed by atoms with E-state index in [1.54, 1.807) is 37.5 Å². The van der Waals surface area contributed by atoms with Gasteiger partial charge in [0.15, 0.2) is 0 Å². The standard InChI is InChI=1S/C23H21ClFN3O3S/c1-4-32(30,31)27-21-10-17-18(9-20(21)25)23(14-5-7-15(24)8-6-14)26-13(2)16-11-22(29)28(3)12-19(16)17/h5-13,27H,4H2,1-3H3. The molecule has 166 valence electrons. The SMILES string of the molecule is CCS(=O)(=O)Nc1cc2c(cc1F)C(c1ccc(Cl)cc1)=NC(C)c1cc(=O)n(C)cc1-2. The third-order valence-electron chi connectivity index (χ3n) is 5.45. The molecular formula is C23H21ClFN3O3S. The summed E-state index contributed by atoms with van der Waals surface area (Å²) in [6, 6.07) is 10.9. The normalized spacial score (nSPS) is 15.4. The van der Waals surface area contributed by atoms with Crippen LogP contribution in [0.5, 0.6) is 0 Å². The molecule has 1 unspecified atom stereocenters. The summed E-state index contributed by atoms with van der Waals surface area (Å²) in [6.45, 7) is 3.33. The van der Waals surface area contributed by atoms with Crippen molar-refractivity contribution in [3.8, 4) is 11.1 Å². The Labute approximate surface area is 190 Å². The van der Waals surface area contributed by atoms with Gasteiger partial charge in [-0.2, -0.15) is 0 Å². The molecule has 1 N–H and O–H groups in total. The van der Waals surface area contributed by atoms with Crippen molar-refractivity contribution in [2.24, 2.45) is 12.0 Å². The second-order valence-electron chi connectivity index (χ2n) is 7.64. The summed E-state index contributed by atoms with van der Waals surface area (Å²) in [6.07, 6.45) is 1.67. The maximum Gasteiger partial charge on any atom is 0.250 e. The Morgan fingerprint density at radius 2 is 1.81 bits per heavy atom. The first-order valence-corrected chi connectivity index (χ1v) is 12.0. The molecule has 9 heteroatoms. The van der Waals surface area contributed by atoms with E-state index in [1.165, 1.54) is 29.7 Å². The molecule has 32 heavy (non-hydrogen) atoms. The molecule has 0 fully saturated rings. The van der Waals surface area contributed by atoms with Gasteiger partial charge in [0.05, 0.1) is 23.2 Å². The van der Waals surface area contributed by atoms with E-state index in [2.05, 4.69) is 4.72 Å². The van der Waals surface area contributed by atoms with Crippen LogP contribution in [0.25, 0.3) is 11.1 Å². The van der Waals surface area contributed by atoms with Crippen LogP contribution >= 0.6 is 11.6 Å². The van der Waals surface area contributed by atoms with Crippen LogP contribution in [0, 0.1) is 5.82 Å². The highest BCUT2D eigenvalue weighted by atomic mass is 35.5. The molecule has 3 aromatic rings. The molecule has 0 bridgehead atoms. The number of pyridine rings is 1. The summed E-state index contributed by atoms with van der Waals surface area (Å²) in [5.41, 5.74) is 3.32. The summed E-state index contributed by atoms with van der Waals surface area (Å²) in [5.74, 6) is -0.910. The maximum absolute atomic E-state index is 15.1. The molecule has 0 saturated carbocycles. The zero-order valence-corrected chi connectivity index (χ0v) is 19.3. The van der Waals surface area contributed by atoms with Gasteiger partial charge in [-0.05, 0) is 49.2 Å². The van der Waals surface area contributed by atoms with Gasteiger partial charge >= 0.3 is 0 Å². The molecule has 0 radical (unpaired) electrons. The molecule has 4 rings (SSSR count). The van der Waals surface area contributed by atoms with Crippen LogP contribution in [0.15, 0.2) is 58.4 Å². The number of hydrogen-bond acceptors (Lipinski definition) is 4. The minimum atomic E-state index is -3.69. The molecule has 0 aliphatic carbocycles. The lowest BCUT2D eigenvalue weighted by molar-refractivity contribution is 0.599. The van der Waals surface area contributed by atoms with Crippen molar-refractivity contribution < 1.29 is 12.8 Å². The first-order chi connectivity index (χ1) is 15.1. The van der Waals surface area contributed by atoms with Crippen molar-refractivity contribution in [2.45, 2.75) is 19.9 Å². The average Bonchev–Trinajstić information content (AvgIpc) is 2.85. The van der Waals surface area contributed by atoms with Gasteiger partial charge in [-0.3, -0.25) is 14.5 Å². The van der Waals surface area contributed by atoms with Crippen molar-refractivity contribution in [1.29, 1.82) is 0 Å². The summed E-state index contributed by atoms with van der Waals surface area (Å²) >= 11 is 6.04. The third kappa shape index (κ3) is 4.08. The van der Waals surface area contributed by atoms with Gasteiger partial charge < -0.3 is 4.57 Å². The Balaban J connectivity index is 2.04. The van der Waals surface area contributed by atoms with Crippen molar-refractivity contribution in [1.82, 2.24) is 4.57 Å². The summed E-state index contributed by atoms with van der Waals surface area (Å²) < 4.78 is 43.1. The van der Waals surface area contributed by atoms with Crippen molar-refractivity contribution in [3.63, 3.8) is 0 Å². The number of aliphatic imine (C=N–C) groups is 1. The Hall–Kier alpha value is -2.97. The number of rotatable bonds is 4. The summed E-state index contributed by atoms with van der Waals surface area (Å²) in [5, 5.41) is 0.554. The lowest BCUT2D eigenvalue weighted by atomic mass is 9.92. The quantitative estimate of drug-likeness (QED) is 0.605. The van der Waals surface area contributed by atoms with E-state index in [0.29, 0.717) is 33.0 Å². The maximum atomic E-state index is 15.1. The molecular weight excluding hydrogens is 453 g/mol. The molecule has 6 nitrogen and oxygen atoms in total. The van der Waals surface area contributed by atoms with E-state index in [0.717, 1.165) is 5.56 Å². The van der Waals surface area contributed by atoms with Crippen LogP contribution in [-0.2, 0) is 17.1 Å². The van der Waals surface area contributed by atoms with E-state index in [9.17, 15) is 13.2 Å². The third-order valence-corrected chi connectivity index (χ3v) is 6.99. The van der Waals surface area contributed by atoms with Crippen molar-refractivity contribution >= 4 is 33.0 Å². The van der Waals surface area contributed by atoms with E-state index in [-0.39, 0.29) is 17.0 Å². The number of hydrogen-bond donors (Lipinski definition) is 1. The summed E-state index contributed by atoms with van der Waals surface area (Å²) in [7, 11) is -2.07. The van der Waals surface area contributed by atoms with Gasteiger partial charge in [-0.25, -0.2) is 12.8 Å². The van der Waals surface area contributed by atoms with Gasteiger partial charge in [-0.15, -0.1) is 0 Å². The van der Waals surface area contributed by atoms with Crippen LogP contribution in [0.1, 0.15) is 36.6 Å². The van der Waals surface area contributed by atoms with Crippen molar-refractivity contribution in [3.05, 3.63) is 86.5 Å². The van der Waals surface area contributed by atoms with Gasteiger partial charge in [0.2, 0.25) is 10.0 Å². The number of aryl methyl sites for hydroxylation is 1.